The predicted molar refractivity (Wildman–Crippen MR) is 103 cm³/mol. The van der Waals surface area contributed by atoms with E-state index in [1.807, 2.05) is 0 Å². The number of aldehydes is 1. The first-order valence-corrected chi connectivity index (χ1v) is 8.20. The van der Waals surface area contributed by atoms with E-state index in [2.05, 4.69) is 16.9 Å². The smallest absolute Gasteiger partial charge is 0.170 e. The minimum absolute atomic E-state index is 0.0272. The molecule has 0 saturated heterocycles. The van der Waals surface area contributed by atoms with Crippen molar-refractivity contribution in [1.29, 1.82) is 0 Å². The van der Waals surface area contributed by atoms with E-state index in [1.165, 1.54) is 7.11 Å². The lowest BCUT2D eigenvalue weighted by Crippen LogP contribution is -2.23. The first-order chi connectivity index (χ1) is 12.5. The number of rotatable bonds is 8. The Kier molecular flexibility index (Phi) is 6.89. The molecule has 136 valence electrons. The highest BCUT2D eigenvalue weighted by molar-refractivity contribution is 6.55. The Bertz CT molecular complexity index is 859. The number of allylic oxidation sites excluding steroid dienone is 1. The third kappa shape index (κ3) is 4.91. The number of methoxy groups -OCH3 is 1. The SMILES string of the molecule is C=C(/N=C(C=O)\C(Cl)=C(/N)NCc1ccco1)c1ccc(Cl)cc1OC. The molecule has 1 heterocycles. The summed E-state index contributed by atoms with van der Waals surface area (Å²) in [7, 11) is 1.50. The van der Waals surface area contributed by atoms with Crippen LogP contribution in [0.2, 0.25) is 5.02 Å². The van der Waals surface area contributed by atoms with Gasteiger partial charge in [0.05, 0.1) is 25.6 Å². The van der Waals surface area contributed by atoms with Crippen LogP contribution in [0.1, 0.15) is 11.3 Å². The van der Waals surface area contributed by atoms with Crippen LogP contribution in [-0.2, 0) is 11.3 Å². The summed E-state index contributed by atoms with van der Waals surface area (Å²) in [6.45, 7) is 4.17. The molecule has 0 bridgehead atoms. The standard InChI is InChI=1S/C18H17Cl2N3O3/c1-11(14-6-5-12(19)8-16(14)25-2)23-15(10-24)17(20)18(21)22-9-13-4-3-7-26-13/h3-8,10,22H,1,9,21H2,2H3/b18-17-,23-15-. The number of benzene rings is 1. The average molecular weight is 394 g/mol. The van der Waals surface area contributed by atoms with Crippen molar-refractivity contribution in [3.8, 4) is 5.75 Å². The van der Waals surface area contributed by atoms with Crippen molar-refractivity contribution in [2.24, 2.45) is 10.7 Å². The Morgan fingerprint density at radius 3 is 2.85 bits per heavy atom. The van der Waals surface area contributed by atoms with E-state index in [0.29, 0.717) is 34.9 Å². The summed E-state index contributed by atoms with van der Waals surface area (Å²) >= 11 is 12.1. The Labute approximate surface area is 160 Å². The lowest BCUT2D eigenvalue weighted by atomic mass is 10.1. The molecule has 0 atom stereocenters. The number of hydrogen-bond acceptors (Lipinski definition) is 6. The highest BCUT2D eigenvalue weighted by Gasteiger charge is 2.13. The molecule has 2 aromatic rings. The molecule has 0 aliphatic rings. The van der Waals surface area contributed by atoms with Crippen molar-refractivity contribution < 1.29 is 13.9 Å². The first kappa shape index (κ1) is 19.6. The number of hydrogen-bond donors (Lipinski definition) is 2. The number of nitrogens with zero attached hydrogens (tertiary/aromatic N) is 1. The summed E-state index contributed by atoms with van der Waals surface area (Å²) in [4.78, 5) is 15.6. The maximum absolute atomic E-state index is 11.4. The molecule has 8 heteroatoms. The van der Waals surface area contributed by atoms with E-state index in [0.717, 1.165) is 0 Å². The highest BCUT2D eigenvalue weighted by atomic mass is 35.5. The molecule has 2 rings (SSSR count). The van der Waals surface area contributed by atoms with Gasteiger partial charge in [-0.2, -0.15) is 0 Å². The zero-order chi connectivity index (χ0) is 19.1. The number of halogens is 2. The second kappa shape index (κ2) is 9.12. The van der Waals surface area contributed by atoms with Gasteiger partial charge in [0.1, 0.15) is 28.1 Å². The fraction of sp³-hybridized carbons (Fsp3) is 0.111. The average Bonchev–Trinajstić information content (AvgIpc) is 3.16. The third-order valence-corrected chi connectivity index (χ3v) is 3.97. The van der Waals surface area contributed by atoms with Crippen LogP contribution in [0.15, 0.2) is 63.4 Å². The van der Waals surface area contributed by atoms with Gasteiger partial charge in [-0.25, -0.2) is 4.99 Å². The van der Waals surface area contributed by atoms with E-state index in [4.69, 9.17) is 38.1 Å². The summed E-state index contributed by atoms with van der Waals surface area (Å²) < 4.78 is 10.4. The molecule has 26 heavy (non-hydrogen) atoms. The second-order valence-electron chi connectivity index (χ2n) is 5.07. The Morgan fingerprint density at radius 2 is 2.23 bits per heavy atom. The molecule has 0 spiro atoms. The fourth-order valence-electron chi connectivity index (χ4n) is 2.05. The van der Waals surface area contributed by atoms with Gasteiger partial charge in [0.25, 0.3) is 0 Å². The van der Waals surface area contributed by atoms with Crippen LogP contribution in [0, 0.1) is 0 Å². The van der Waals surface area contributed by atoms with Crippen LogP contribution in [0.4, 0.5) is 0 Å². The summed E-state index contributed by atoms with van der Waals surface area (Å²) in [6, 6.07) is 8.50. The van der Waals surface area contributed by atoms with Crippen LogP contribution < -0.4 is 15.8 Å². The second-order valence-corrected chi connectivity index (χ2v) is 5.88. The minimum atomic E-state index is -0.0712. The normalized spacial score (nSPS) is 12.3. The largest absolute Gasteiger partial charge is 0.496 e. The van der Waals surface area contributed by atoms with E-state index >= 15 is 0 Å². The van der Waals surface area contributed by atoms with Crippen LogP contribution in [-0.4, -0.2) is 19.1 Å². The number of nitrogens with two attached hydrogens (primary N) is 1. The number of carbonyl (C=O) groups is 1. The summed E-state index contributed by atoms with van der Waals surface area (Å²) in [5, 5.41) is 3.34. The van der Waals surface area contributed by atoms with Crippen molar-refractivity contribution in [3.05, 3.63) is 70.4 Å². The minimum Gasteiger partial charge on any atom is -0.496 e. The number of nitrogens with one attached hydrogen (secondary N) is 1. The zero-order valence-corrected chi connectivity index (χ0v) is 15.5. The van der Waals surface area contributed by atoms with Gasteiger partial charge in [0.2, 0.25) is 0 Å². The molecule has 0 aliphatic heterocycles. The molecule has 0 unspecified atom stereocenters. The van der Waals surface area contributed by atoms with Crippen LogP contribution in [0.5, 0.6) is 5.75 Å². The van der Waals surface area contributed by atoms with Crippen molar-refractivity contribution in [1.82, 2.24) is 5.32 Å². The molecule has 0 amide bonds. The monoisotopic (exact) mass is 393 g/mol. The van der Waals surface area contributed by atoms with Crippen molar-refractivity contribution in [3.63, 3.8) is 0 Å². The van der Waals surface area contributed by atoms with Crippen molar-refractivity contribution in [2.45, 2.75) is 6.54 Å². The maximum atomic E-state index is 11.4. The van der Waals surface area contributed by atoms with E-state index in [-0.39, 0.29) is 22.3 Å². The van der Waals surface area contributed by atoms with Crippen LogP contribution >= 0.6 is 23.2 Å². The van der Waals surface area contributed by atoms with E-state index in [9.17, 15) is 4.79 Å². The summed E-state index contributed by atoms with van der Waals surface area (Å²) in [5.74, 6) is 1.22. The quantitative estimate of drug-likeness (QED) is 0.526. The molecule has 0 aliphatic carbocycles. The van der Waals surface area contributed by atoms with Gasteiger partial charge in [-0.05, 0) is 30.3 Å². The molecule has 3 N–H and O–H groups in total. The lowest BCUT2D eigenvalue weighted by molar-refractivity contribution is -0.102. The van der Waals surface area contributed by atoms with Gasteiger partial charge >= 0.3 is 0 Å². The van der Waals surface area contributed by atoms with Gasteiger partial charge in [-0.3, -0.25) is 4.79 Å². The van der Waals surface area contributed by atoms with Gasteiger partial charge in [0, 0.05) is 10.6 Å². The van der Waals surface area contributed by atoms with Gasteiger partial charge in [-0.15, -0.1) is 0 Å². The van der Waals surface area contributed by atoms with Gasteiger partial charge < -0.3 is 20.2 Å². The van der Waals surface area contributed by atoms with Gasteiger partial charge in [0.15, 0.2) is 6.29 Å². The topological polar surface area (TPSA) is 89.9 Å². The zero-order valence-electron chi connectivity index (χ0n) is 14.0. The number of furan rings is 1. The van der Waals surface area contributed by atoms with Gasteiger partial charge in [-0.1, -0.05) is 29.8 Å². The van der Waals surface area contributed by atoms with Crippen molar-refractivity contribution in [2.75, 3.05) is 7.11 Å². The predicted octanol–water partition coefficient (Wildman–Crippen LogP) is 3.71. The third-order valence-electron chi connectivity index (χ3n) is 3.34. The molecule has 0 fully saturated rings. The number of carbonyl (C=O) groups excluding carboxylic acids is 1. The Morgan fingerprint density at radius 1 is 1.46 bits per heavy atom. The van der Waals surface area contributed by atoms with E-state index < -0.39 is 0 Å². The molecule has 1 aromatic heterocycles. The summed E-state index contributed by atoms with van der Waals surface area (Å²) in [6.07, 6.45) is 2.04. The van der Waals surface area contributed by atoms with E-state index in [1.54, 1.807) is 36.6 Å². The molecule has 0 saturated carbocycles. The molecule has 6 nitrogen and oxygen atoms in total. The molecular formula is C18H17Cl2N3O3. The summed E-state index contributed by atoms with van der Waals surface area (Å²) in [5.41, 5.74) is 6.66. The first-order valence-electron chi connectivity index (χ1n) is 7.44. The Hall–Kier alpha value is -2.70. The maximum Gasteiger partial charge on any atom is 0.170 e. The number of aliphatic imine (C=N–C) groups is 1. The molecule has 0 radical (unpaired) electrons. The fourth-order valence-corrected chi connectivity index (χ4v) is 2.36. The Balaban J connectivity index is 2.23. The molecule has 1 aromatic carbocycles. The van der Waals surface area contributed by atoms with Crippen LogP contribution in [0.3, 0.4) is 0 Å². The number of ether oxygens (including phenoxy) is 1. The molecular weight excluding hydrogens is 377 g/mol. The highest BCUT2D eigenvalue weighted by Crippen LogP contribution is 2.29. The lowest BCUT2D eigenvalue weighted by Gasteiger charge is -2.10. The van der Waals surface area contributed by atoms with Crippen molar-refractivity contribution >= 4 is 40.9 Å². The van der Waals surface area contributed by atoms with Crippen LogP contribution in [0.25, 0.3) is 5.70 Å².